The summed E-state index contributed by atoms with van der Waals surface area (Å²) >= 11 is 0. The summed E-state index contributed by atoms with van der Waals surface area (Å²) in [4.78, 5) is 14.8. The summed E-state index contributed by atoms with van der Waals surface area (Å²) in [7, 11) is 0. The number of aryl methyl sites for hydroxylation is 2. The third-order valence-corrected chi connectivity index (χ3v) is 11.7. The lowest BCUT2D eigenvalue weighted by Crippen LogP contribution is -2.23. The Labute approximate surface area is 328 Å². The van der Waals surface area contributed by atoms with Crippen LogP contribution >= 0.6 is 0 Å². The van der Waals surface area contributed by atoms with Gasteiger partial charge in [-0.05, 0) is 108 Å². The van der Waals surface area contributed by atoms with Gasteiger partial charge < -0.3 is 19.1 Å². The number of rotatable bonds is 5. The second-order valence-corrected chi connectivity index (χ2v) is 17.5. The first-order chi connectivity index (χ1) is 27.0. The van der Waals surface area contributed by atoms with Crippen molar-refractivity contribution in [3.63, 3.8) is 0 Å². The molecule has 0 aliphatic carbocycles. The number of ether oxygens (including phenoxy) is 1. The Morgan fingerprint density at radius 3 is 2.16 bits per heavy atom. The van der Waals surface area contributed by atoms with Crippen molar-refractivity contribution in [3.05, 3.63) is 138 Å². The number of benzene rings is 5. The van der Waals surface area contributed by atoms with Gasteiger partial charge in [0.1, 0.15) is 29.8 Å². The van der Waals surface area contributed by atoms with Crippen molar-refractivity contribution in [1.82, 2.24) is 19.1 Å². The van der Waals surface area contributed by atoms with Gasteiger partial charge in [0.2, 0.25) is 0 Å². The molecule has 8 aromatic rings. The SMILES string of the molecule is CC(C)(C)c1ccnc(-n2c3ccc(C(C)(C)C)cc3c3ccc(Oc4cccc(N5CN(c6ccccc6)c6cc7c(cc65)nc5n7CCCC5)c4)cc32)c1. The fraction of sp³-hybridized carbons (Fsp3) is 0.265. The first-order valence-electron chi connectivity index (χ1n) is 20.0. The van der Waals surface area contributed by atoms with E-state index in [0.29, 0.717) is 6.67 Å². The lowest BCUT2D eigenvalue weighted by molar-refractivity contribution is 0.483. The lowest BCUT2D eigenvalue weighted by Gasteiger charge is -2.22. The van der Waals surface area contributed by atoms with Gasteiger partial charge in [-0.1, -0.05) is 71.9 Å². The Morgan fingerprint density at radius 2 is 1.34 bits per heavy atom. The lowest BCUT2D eigenvalue weighted by atomic mass is 9.86. The average molecular weight is 737 g/mol. The molecule has 0 bridgehead atoms. The zero-order valence-electron chi connectivity index (χ0n) is 33.2. The third-order valence-electron chi connectivity index (χ3n) is 11.7. The molecule has 0 N–H and O–H groups in total. The second-order valence-electron chi connectivity index (χ2n) is 17.5. The van der Waals surface area contributed by atoms with Crippen LogP contribution in [0, 0.1) is 0 Å². The van der Waals surface area contributed by atoms with Crippen LogP contribution in [-0.2, 0) is 23.8 Å². The summed E-state index contributed by atoms with van der Waals surface area (Å²) in [5.41, 5.74) is 11.6. The Kier molecular flexibility index (Phi) is 7.83. The predicted molar refractivity (Wildman–Crippen MR) is 231 cm³/mol. The van der Waals surface area contributed by atoms with Crippen LogP contribution in [0.2, 0.25) is 0 Å². The molecule has 0 atom stereocenters. The summed E-state index contributed by atoms with van der Waals surface area (Å²) in [5, 5.41) is 2.39. The summed E-state index contributed by atoms with van der Waals surface area (Å²) in [6.45, 7) is 15.3. The number of fused-ring (bicyclic) bond motifs is 7. The van der Waals surface area contributed by atoms with Gasteiger partial charge in [0.15, 0.2) is 0 Å². The van der Waals surface area contributed by atoms with Crippen LogP contribution < -0.4 is 14.5 Å². The average Bonchev–Trinajstić information content (AvgIpc) is 3.85. The minimum absolute atomic E-state index is 0.00674. The van der Waals surface area contributed by atoms with Gasteiger partial charge in [-0.3, -0.25) is 4.57 Å². The van der Waals surface area contributed by atoms with Crippen LogP contribution in [0.15, 0.2) is 121 Å². The first-order valence-corrected chi connectivity index (χ1v) is 20.0. The van der Waals surface area contributed by atoms with Gasteiger partial charge in [0, 0.05) is 53.4 Å². The van der Waals surface area contributed by atoms with E-state index in [4.69, 9.17) is 14.7 Å². The van der Waals surface area contributed by atoms with E-state index in [-0.39, 0.29) is 10.8 Å². The largest absolute Gasteiger partial charge is 0.457 e. The number of para-hydroxylation sites is 1. The van der Waals surface area contributed by atoms with Crippen LogP contribution in [0.5, 0.6) is 11.5 Å². The number of hydrogen-bond donors (Lipinski definition) is 0. The van der Waals surface area contributed by atoms with Gasteiger partial charge in [0.25, 0.3) is 0 Å². The maximum atomic E-state index is 6.76. The van der Waals surface area contributed by atoms with E-state index in [0.717, 1.165) is 58.2 Å². The summed E-state index contributed by atoms with van der Waals surface area (Å²) in [6.07, 6.45) is 5.37. The standard InChI is InChI=1S/C49H48N6O/c1-48(2,3)32-18-21-41-39(25-32)38-20-19-37(28-42(38)55(41)47-26-33(22-23-50-47)49(4,5)6)56-36-16-12-15-35(27-36)54-31-53(34-13-8-7-9-14-34)45-30-43-40(29-44(45)54)51-46-17-10-11-24-52(43)46/h7-9,12-16,18-23,25-30H,10-11,17,24,31H2,1-6H3. The number of aromatic nitrogens is 4. The highest BCUT2D eigenvalue weighted by Gasteiger charge is 2.31. The molecule has 5 aromatic carbocycles. The monoisotopic (exact) mass is 736 g/mol. The maximum Gasteiger partial charge on any atom is 0.137 e. The van der Waals surface area contributed by atoms with E-state index < -0.39 is 0 Å². The van der Waals surface area contributed by atoms with Crippen molar-refractivity contribution in [2.75, 3.05) is 16.5 Å². The smallest absolute Gasteiger partial charge is 0.137 e. The van der Waals surface area contributed by atoms with E-state index in [2.05, 4.69) is 170 Å². The minimum atomic E-state index is -0.00674. The topological polar surface area (TPSA) is 51.4 Å². The number of imidazole rings is 1. The zero-order valence-corrected chi connectivity index (χ0v) is 33.2. The molecule has 0 unspecified atom stereocenters. The van der Waals surface area contributed by atoms with E-state index in [9.17, 15) is 0 Å². The van der Waals surface area contributed by atoms with Gasteiger partial charge in [0.05, 0.1) is 33.4 Å². The Morgan fingerprint density at radius 1 is 0.589 bits per heavy atom. The Hall–Kier alpha value is -6.08. The fourth-order valence-corrected chi connectivity index (χ4v) is 8.60. The molecule has 3 aromatic heterocycles. The van der Waals surface area contributed by atoms with E-state index in [1.165, 1.54) is 57.5 Å². The molecule has 10 rings (SSSR count). The Balaban J connectivity index is 1.05. The molecule has 0 radical (unpaired) electrons. The van der Waals surface area contributed by atoms with Gasteiger partial charge in [-0.25, -0.2) is 9.97 Å². The highest BCUT2D eigenvalue weighted by Crippen LogP contribution is 2.47. The van der Waals surface area contributed by atoms with E-state index in [1.807, 2.05) is 12.3 Å². The highest BCUT2D eigenvalue weighted by atomic mass is 16.5. The minimum Gasteiger partial charge on any atom is -0.457 e. The predicted octanol–water partition coefficient (Wildman–Crippen LogP) is 12.5. The summed E-state index contributed by atoms with van der Waals surface area (Å²) < 4.78 is 11.5. The second kappa shape index (κ2) is 12.7. The van der Waals surface area contributed by atoms with Crippen molar-refractivity contribution in [3.8, 4) is 17.3 Å². The van der Waals surface area contributed by atoms with Crippen molar-refractivity contribution in [2.45, 2.75) is 78.2 Å². The summed E-state index contributed by atoms with van der Waals surface area (Å²) in [5.74, 6) is 3.67. The number of pyridine rings is 1. The van der Waals surface area contributed by atoms with Crippen molar-refractivity contribution in [2.24, 2.45) is 0 Å². The molecule has 0 amide bonds. The molecule has 7 nitrogen and oxygen atoms in total. The van der Waals surface area contributed by atoms with Crippen LogP contribution in [0.1, 0.15) is 71.3 Å². The van der Waals surface area contributed by atoms with Crippen LogP contribution in [0.4, 0.5) is 22.7 Å². The molecular formula is C49H48N6O. The molecule has 280 valence electrons. The number of nitrogens with zero attached hydrogens (tertiary/aromatic N) is 6. The molecule has 5 heterocycles. The van der Waals surface area contributed by atoms with E-state index >= 15 is 0 Å². The van der Waals surface area contributed by atoms with Gasteiger partial charge in [-0.15, -0.1) is 0 Å². The number of anilines is 4. The van der Waals surface area contributed by atoms with Crippen molar-refractivity contribution >= 4 is 55.6 Å². The van der Waals surface area contributed by atoms with Gasteiger partial charge in [-0.2, -0.15) is 0 Å². The molecule has 0 spiro atoms. The molecule has 7 heteroatoms. The van der Waals surface area contributed by atoms with Gasteiger partial charge >= 0.3 is 0 Å². The van der Waals surface area contributed by atoms with Crippen LogP contribution in [0.3, 0.4) is 0 Å². The molecule has 2 aliphatic rings. The quantitative estimate of drug-likeness (QED) is 0.176. The number of hydrogen-bond acceptors (Lipinski definition) is 5. The van der Waals surface area contributed by atoms with E-state index in [1.54, 1.807) is 0 Å². The molecule has 0 fully saturated rings. The normalized spacial score (nSPS) is 14.5. The molecule has 2 aliphatic heterocycles. The molecule has 0 saturated carbocycles. The Bertz CT molecular complexity index is 2800. The molecular weight excluding hydrogens is 689 g/mol. The van der Waals surface area contributed by atoms with Crippen LogP contribution in [0.25, 0.3) is 38.7 Å². The maximum absolute atomic E-state index is 6.76. The molecule has 0 saturated heterocycles. The first kappa shape index (κ1) is 34.4. The van der Waals surface area contributed by atoms with Crippen molar-refractivity contribution in [1.29, 1.82) is 0 Å². The fourth-order valence-electron chi connectivity index (χ4n) is 8.60. The third kappa shape index (κ3) is 5.80. The summed E-state index contributed by atoms with van der Waals surface area (Å²) in [6, 6.07) is 41.5. The van der Waals surface area contributed by atoms with Crippen molar-refractivity contribution < 1.29 is 4.74 Å². The highest BCUT2D eigenvalue weighted by molar-refractivity contribution is 6.10. The zero-order chi connectivity index (χ0) is 38.3. The van der Waals surface area contributed by atoms with Crippen LogP contribution in [-0.4, -0.2) is 25.8 Å². The molecule has 56 heavy (non-hydrogen) atoms.